The van der Waals surface area contributed by atoms with Crippen LogP contribution in [0.1, 0.15) is 47.0 Å². The summed E-state index contributed by atoms with van der Waals surface area (Å²) in [6.45, 7) is 8.15. The summed E-state index contributed by atoms with van der Waals surface area (Å²) in [5.74, 6) is -0.347. The fourth-order valence-electron chi connectivity index (χ4n) is 2.46. The van der Waals surface area contributed by atoms with E-state index in [0.29, 0.717) is 12.3 Å². The van der Waals surface area contributed by atoms with Gasteiger partial charge in [-0.05, 0) is 39.5 Å². The zero-order chi connectivity index (χ0) is 10.9. The van der Waals surface area contributed by atoms with Crippen LogP contribution in [0.5, 0.6) is 0 Å². The number of allylic oxidation sites excluding steroid dienone is 2. The van der Waals surface area contributed by atoms with Gasteiger partial charge in [0.05, 0.1) is 5.41 Å². The predicted octanol–water partition coefficient (Wildman–Crippen LogP) is 3.23. The van der Waals surface area contributed by atoms with Gasteiger partial charge in [-0.3, -0.25) is 4.79 Å². The lowest BCUT2D eigenvalue weighted by Crippen LogP contribution is -2.38. The second-order valence-corrected chi connectivity index (χ2v) is 4.77. The molecule has 0 saturated carbocycles. The molecule has 14 heavy (non-hydrogen) atoms. The van der Waals surface area contributed by atoms with Crippen molar-refractivity contribution in [2.24, 2.45) is 11.3 Å². The Kier molecular flexibility index (Phi) is 3.03. The molecule has 0 radical (unpaired) electrons. The third-order valence-corrected chi connectivity index (χ3v) is 3.80. The van der Waals surface area contributed by atoms with E-state index < -0.39 is 11.4 Å². The predicted molar refractivity (Wildman–Crippen MR) is 57.1 cm³/mol. The molecule has 0 aromatic heterocycles. The van der Waals surface area contributed by atoms with Gasteiger partial charge in [-0.1, -0.05) is 24.5 Å². The Balaban J connectivity index is 3.02. The van der Waals surface area contributed by atoms with Gasteiger partial charge in [0.25, 0.3) is 0 Å². The number of hydrogen-bond donors (Lipinski definition) is 1. The Morgan fingerprint density at radius 3 is 2.50 bits per heavy atom. The molecule has 0 amide bonds. The van der Waals surface area contributed by atoms with Crippen molar-refractivity contribution in [2.45, 2.75) is 47.0 Å². The van der Waals surface area contributed by atoms with Gasteiger partial charge in [0.15, 0.2) is 0 Å². The first-order chi connectivity index (χ1) is 6.41. The first kappa shape index (κ1) is 11.3. The zero-order valence-corrected chi connectivity index (χ0v) is 9.55. The average Bonchev–Trinajstić information content (AvgIpc) is 2.11. The molecule has 1 N–H and O–H groups in total. The van der Waals surface area contributed by atoms with Gasteiger partial charge in [0.2, 0.25) is 0 Å². The van der Waals surface area contributed by atoms with Gasteiger partial charge >= 0.3 is 5.97 Å². The van der Waals surface area contributed by atoms with E-state index in [1.54, 1.807) is 0 Å². The fraction of sp³-hybridized carbons (Fsp3) is 0.750. The normalized spacial score (nSPS) is 33.3. The maximum atomic E-state index is 11.3. The molecule has 2 nitrogen and oxygen atoms in total. The molecule has 2 heteroatoms. The average molecular weight is 196 g/mol. The van der Waals surface area contributed by atoms with E-state index in [1.807, 2.05) is 6.92 Å². The molecule has 0 fully saturated rings. The van der Waals surface area contributed by atoms with Crippen molar-refractivity contribution in [3.8, 4) is 0 Å². The van der Waals surface area contributed by atoms with Crippen molar-refractivity contribution >= 4 is 5.97 Å². The van der Waals surface area contributed by atoms with Crippen LogP contribution in [0, 0.1) is 11.3 Å². The molecule has 0 aromatic rings. The monoisotopic (exact) mass is 196 g/mol. The Morgan fingerprint density at radius 2 is 2.07 bits per heavy atom. The van der Waals surface area contributed by atoms with Crippen molar-refractivity contribution in [3.05, 3.63) is 11.1 Å². The van der Waals surface area contributed by atoms with Crippen LogP contribution in [0.25, 0.3) is 0 Å². The summed E-state index contributed by atoms with van der Waals surface area (Å²) in [6, 6.07) is 0. The minimum atomic E-state index is -0.642. The van der Waals surface area contributed by atoms with E-state index in [9.17, 15) is 9.90 Å². The number of carboxylic acid groups (broad SMARTS) is 1. The summed E-state index contributed by atoms with van der Waals surface area (Å²) in [4.78, 5) is 11.3. The Bertz CT molecular complexity index is 278. The van der Waals surface area contributed by atoms with Crippen molar-refractivity contribution in [1.29, 1.82) is 0 Å². The zero-order valence-electron chi connectivity index (χ0n) is 9.55. The van der Waals surface area contributed by atoms with Crippen molar-refractivity contribution in [1.82, 2.24) is 0 Å². The van der Waals surface area contributed by atoms with Crippen LogP contribution in [0.3, 0.4) is 0 Å². The van der Waals surface area contributed by atoms with E-state index in [0.717, 1.165) is 12.8 Å². The van der Waals surface area contributed by atoms with Crippen molar-refractivity contribution in [3.63, 3.8) is 0 Å². The Hall–Kier alpha value is -0.790. The number of carbonyl (C=O) groups is 1. The van der Waals surface area contributed by atoms with Gasteiger partial charge in [-0.15, -0.1) is 0 Å². The van der Waals surface area contributed by atoms with Crippen molar-refractivity contribution < 1.29 is 9.90 Å². The minimum Gasteiger partial charge on any atom is -0.481 e. The Morgan fingerprint density at radius 1 is 1.50 bits per heavy atom. The van der Waals surface area contributed by atoms with E-state index in [2.05, 4.69) is 20.8 Å². The molecule has 80 valence electrons. The summed E-state index contributed by atoms with van der Waals surface area (Å²) >= 11 is 0. The molecule has 1 aliphatic carbocycles. The first-order valence-corrected chi connectivity index (χ1v) is 5.30. The van der Waals surface area contributed by atoms with E-state index in [1.165, 1.54) is 11.1 Å². The third-order valence-electron chi connectivity index (χ3n) is 3.80. The maximum Gasteiger partial charge on any atom is 0.309 e. The number of aliphatic carboxylic acids is 1. The van der Waals surface area contributed by atoms with Gasteiger partial charge in [0, 0.05) is 0 Å². The molecule has 0 bridgehead atoms. The SMILES string of the molecule is CCC1CC(C)=C(C)CC1(C)C(=O)O. The van der Waals surface area contributed by atoms with E-state index >= 15 is 0 Å². The smallest absolute Gasteiger partial charge is 0.309 e. The Labute approximate surface area is 86.0 Å². The summed E-state index contributed by atoms with van der Waals surface area (Å²) < 4.78 is 0. The molecule has 0 spiro atoms. The largest absolute Gasteiger partial charge is 0.481 e. The molecule has 0 heterocycles. The van der Waals surface area contributed by atoms with Gasteiger partial charge in [0.1, 0.15) is 0 Å². The highest BCUT2D eigenvalue weighted by atomic mass is 16.4. The molecular formula is C12H20O2. The lowest BCUT2D eigenvalue weighted by atomic mass is 9.65. The quantitative estimate of drug-likeness (QED) is 0.688. The number of rotatable bonds is 2. The standard InChI is InChI=1S/C12H20O2/c1-5-10-6-8(2)9(3)7-12(10,4)11(13)14/h10H,5-7H2,1-4H3,(H,13,14). The summed E-state index contributed by atoms with van der Waals surface area (Å²) in [5, 5.41) is 9.28. The molecule has 0 aromatic carbocycles. The van der Waals surface area contributed by atoms with Crippen molar-refractivity contribution in [2.75, 3.05) is 0 Å². The topological polar surface area (TPSA) is 37.3 Å². The summed E-state index contributed by atoms with van der Waals surface area (Å²) in [7, 11) is 0. The highest BCUT2D eigenvalue weighted by Gasteiger charge is 2.43. The van der Waals surface area contributed by atoms with Gasteiger partial charge < -0.3 is 5.11 Å². The highest BCUT2D eigenvalue weighted by molar-refractivity contribution is 5.75. The molecule has 0 saturated heterocycles. The van der Waals surface area contributed by atoms with Gasteiger partial charge in [-0.25, -0.2) is 0 Å². The van der Waals surface area contributed by atoms with Crippen LogP contribution >= 0.6 is 0 Å². The van der Waals surface area contributed by atoms with Crippen LogP contribution < -0.4 is 0 Å². The molecule has 2 unspecified atom stereocenters. The lowest BCUT2D eigenvalue weighted by molar-refractivity contribution is -0.152. The molecule has 1 rings (SSSR count). The van der Waals surface area contributed by atoms with Crippen LogP contribution in [-0.4, -0.2) is 11.1 Å². The lowest BCUT2D eigenvalue weighted by Gasteiger charge is -2.38. The van der Waals surface area contributed by atoms with Crippen LogP contribution in [-0.2, 0) is 4.79 Å². The van der Waals surface area contributed by atoms with Crippen LogP contribution in [0.4, 0.5) is 0 Å². The van der Waals surface area contributed by atoms with E-state index in [4.69, 9.17) is 0 Å². The minimum absolute atomic E-state index is 0.295. The second kappa shape index (κ2) is 3.76. The maximum absolute atomic E-state index is 11.3. The molecular weight excluding hydrogens is 176 g/mol. The third kappa shape index (κ3) is 1.70. The van der Waals surface area contributed by atoms with Crippen LogP contribution in [0.2, 0.25) is 0 Å². The van der Waals surface area contributed by atoms with Gasteiger partial charge in [-0.2, -0.15) is 0 Å². The first-order valence-electron chi connectivity index (χ1n) is 5.30. The summed E-state index contributed by atoms with van der Waals surface area (Å²) in [6.07, 6.45) is 2.62. The van der Waals surface area contributed by atoms with Crippen LogP contribution in [0.15, 0.2) is 11.1 Å². The number of carboxylic acids is 1. The second-order valence-electron chi connectivity index (χ2n) is 4.77. The fourth-order valence-corrected chi connectivity index (χ4v) is 2.46. The number of hydrogen-bond acceptors (Lipinski definition) is 1. The summed E-state index contributed by atoms with van der Waals surface area (Å²) in [5.41, 5.74) is 2.11. The molecule has 0 aliphatic heterocycles. The highest BCUT2D eigenvalue weighted by Crippen LogP contribution is 2.45. The molecule has 2 atom stereocenters. The van der Waals surface area contributed by atoms with E-state index in [-0.39, 0.29) is 0 Å². The molecule has 1 aliphatic rings.